The van der Waals surface area contributed by atoms with Crippen molar-refractivity contribution in [1.82, 2.24) is 5.16 Å². The lowest BCUT2D eigenvalue weighted by Gasteiger charge is -2.09. The Kier molecular flexibility index (Phi) is 5.40. The van der Waals surface area contributed by atoms with Crippen LogP contribution >= 0.6 is 22.9 Å². The van der Waals surface area contributed by atoms with Gasteiger partial charge in [0.05, 0.1) is 11.3 Å². The van der Waals surface area contributed by atoms with Crippen molar-refractivity contribution in [3.05, 3.63) is 56.9 Å². The van der Waals surface area contributed by atoms with E-state index < -0.39 is 21.9 Å². The summed E-state index contributed by atoms with van der Waals surface area (Å²) in [6.07, 6.45) is 0. The Morgan fingerprint density at radius 2 is 1.96 bits per heavy atom. The van der Waals surface area contributed by atoms with Crippen molar-refractivity contribution < 1.29 is 27.6 Å². The average Bonchev–Trinajstić information content (AvgIpc) is 3.25. The Morgan fingerprint density at radius 3 is 2.61 bits per heavy atom. The molecule has 0 unspecified atom stereocenters. The summed E-state index contributed by atoms with van der Waals surface area (Å²) in [7, 11) is -4.21. The molecule has 0 aliphatic heterocycles. The lowest BCUT2D eigenvalue weighted by molar-refractivity contribution is 0.0698. The van der Waals surface area contributed by atoms with E-state index >= 15 is 0 Å². The van der Waals surface area contributed by atoms with Gasteiger partial charge in [-0.2, -0.15) is 0 Å². The first-order valence-electron chi connectivity index (χ1n) is 7.56. The van der Waals surface area contributed by atoms with Gasteiger partial charge >= 0.3 is 5.97 Å². The number of benzene rings is 1. The van der Waals surface area contributed by atoms with Gasteiger partial charge in [-0.15, -0.1) is 11.3 Å². The highest BCUT2D eigenvalue weighted by Gasteiger charge is 2.27. The van der Waals surface area contributed by atoms with Crippen LogP contribution in [0.2, 0.25) is 5.02 Å². The minimum absolute atomic E-state index is 0.000177. The van der Waals surface area contributed by atoms with Crippen LogP contribution in [0.1, 0.15) is 25.7 Å². The number of aromatic carboxylic acids is 1. The Balaban J connectivity index is 1.90. The Labute approximate surface area is 168 Å². The third-order valence-corrected chi connectivity index (χ3v) is 6.41. The number of nitrogens with zero attached hydrogens (tertiary/aromatic N) is 1. The van der Waals surface area contributed by atoms with Gasteiger partial charge in [0.15, 0.2) is 0 Å². The second-order valence-electron chi connectivity index (χ2n) is 5.44. The third kappa shape index (κ3) is 3.86. The van der Waals surface area contributed by atoms with Crippen LogP contribution in [-0.2, 0) is 10.0 Å². The molecule has 28 heavy (non-hydrogen) atoms. The minimum atomic E-state index is -4.21. The normalized spacial score (nSPS) is 11.2. The molecule has 0 saturated carbocycles. The van der Waals surface area contributed by atoms with E-state index in [4.69, 9.17) is 16.1 Å². The number of sulfonamides is 1. The largest absolute Gasteiger partial charge is 0.478 e. The van der Waals surface area contributed by atoms with Crippen molar-refractivity contribution >= 4 is 56.4 Å². The summed E-state index contributed by atoms with van der Waals surface area (Å²) < 4.78 is 32.3. The lowest BCUT2D eigenvalue weighted by atomic mass is 10.2. The van der Waals surface area contributed by atoms with Gasteiger partial charge in [-0.25, -0.2) is 17.9 Å². The molecule has 3 rings (SSSR count). The van der Waals surface area contributed by atoms with Crippen LogP contribution in [-0.4, -0.2) is 30.6 Å². The fraction of sp³-hybridized carbons (Fsp3) is 0.0625. The molecule has 2 aromatic heterocycles. The van der Waals surface area contributed by atoms with Gasteiger partial charge in [-0.05, 0) is 30.5 Å². The molecular formula is C16H12ClN3O6S2. The molecule has 0 aliphatic carbocycles. The number of hydrogen-bond donors (Lipinski definition) is 3. The molecule has 0 fully saturated rings. The average molecular weight is 442 g/mol. The highest BCUT2D eigenvalue weighted by atomic mass is 35.5. The van der Waals surface area contributed by atoms with Crippen molar-refractivity contribution in [3.8, 4) is 0 Å². The maximum Gasteiger partial charge on any atom is 0.337 e. The van der Waals surface area contributed by atoms with E-state index in [9.17, 15) is 23.1 Å². The maximum absolute atomic E-state index is 12.7. The van der Waals surface area contributed by atoms with Gasteiger partial charge in [-0.3, -0.25) is 4.79 Å². The number of carboxylic acids is 1. The first kappa shape index (κ1) is 19.9. The van der Waals surface area contributed by atoms with E-state index in [0.717, 1.165) is 11.3 Å². The van der Waals surface area contributed by atoms with Crippen LogP contribution in [0.3, 0.4) is 0 Å². The molecule has 0 radical (unpaired) electrons. The molecule has 0 atom stereocenters. The van der Waals surface area contributed by atoms with Gasteiger partial charge in [-0.1, -0.05) is 28.9 Å². The van der Waals surface area contributed by atoms with Gasteiger partial charge in [0.1, 0.15) is 20.5 Å². The van der Waals surface area contributed by atoms with Crippen molar-refractivity contribution in [2.75, 3.05) is 10.0 Å². The predicted octanol–water partition coefficient (Wildman–Crippen LogP) is 3.45. The van der Waals surface area contributed by atoms with Crippen LogP contribution in [0.5, 0.6) is 0 Å². The van der Waals surface area contributed by atoms with E-state index in [-0.39, 0.29) is 31.9 Å². The fourth-order valence-corrected chi connectivity index (χ4v) is 4.72. The second-order valence-corrected chi connectivity index (χ2v) is 8.38. The van der Waals surface area contributed by atoms with Crippen LogP contribution in [0.25, 0.3) is 0 Å². The molecule has 0 spiro atoms. The number of para-hydroxylation sites is 1. The lowest BCUT2D eigenvalue weighted by Crippen LogP contribution is -2.19. The van der Waals surface area contributed by atoms with E-state index in [2.05, 4.69) is 15.2 Å². The number of halogens is 1. The van der Waals surface area contributed by atoms with E-state index in [1.165, 1.54) is 36.6 Å². The summed E-state index contributed by atoms with van der Waals surface area (Å²) >= 11 is 6.80. The number of carbonyl (C=O) groups is 2. The Morgan fingerprint density at radius 1 is 1.25 bits per heavy atom. The molecule has 1 aromatic carbocycles. The molecule has 1 amide bonds. The third-order valence-electron chi connectivity index (χ3n) is 3.55. The Bertz CT molecular complexity index is 1170. The van der Waals surface area contributed by atoms with Crippen molar-refractivity contribution in [1.29, 1.82) is 0 Å². The van der Waals surface area contributed by atoms with Gasteiger partial charge < -0.3 is 14.9 Å². The molecular weight excluding hydrogens is 430 g/mol. The van der Waals surface area contributed by atoms with E-state index in [0.29, 0.717) is 5.69 Å². The first-order chi connectivity index (χ1) is 13.2. The van der Waals surface area contributed by atoms with Crippen LogP contribution < -0.4 is 10.0 Å². The van der Waals surface area contributed by atoms with Crippen molar-refractivity contribution in [2.24, 2.45) is 0 Å². The standard InChI is InChI=1S/C16H12ClN3O6S2/c1-8-12(17)15(26-19-8)20-28(24,25)11-6-7-27-13(11)14(21)18-10-5-3-2-4-9(10)16(22)23/h2-7,20H,1H3,(H,18,21)(H,22,23). The highest BCUT2D eigenvalue weighted by Crippen LogP contribution is 2.30. The second kappa shape index (κ2) is 7.62. The summed E-state index contributed by atoms with van der Waals surface area (Å²) in [4.78, 5) is 23.4. The molecule has 9 nitrogen and oxygen atoms in total. The number of hydrogen-bond acceptors (Lipinski definition) is 7. The van der Waals surface area contributed by atoms with Gasteiger partial charge in [0.25, 0.3) is 21.8 Å². The smallest absolute Gasteiger partial charge is 0.337 e. The summed E-state index contributed by atoms with van der Waals surface area (Å²) in [6, 6.07) is 7.01. The number of anilines is 2. The topological polar surface area (TPSA) is 139 Å². The molecule has 3 aromatic rings. The monoisotopic (exact) mass is 441 g/mol. The van der Waals surface area contributed by atoms with E-state index in [1.54, 1.807) is 6.07 Å². The molecule has 0 bridgehead atoms. The van der Waals surface area contributed by atoms with Crippen LogP contribution in [0.4, 0.5) is 11.6 Å². The van der Waals surface area contributed by atoms with E-state index in [1.807, 2.05) is 0 Å². The Hall–Kier alpha value is -2.89. The molecule has 2 heterocycles. The minimum Gasteiger partial charge on any atom is -0.478 e. The number of amides is 1. The maximum atomic E-state index is 12.7. The first-order valence-corrected chi connectivity index (χ1v) is 10.3. The van der Waals surface area contributed by atoms with Gasteiger partial charge in [0, 0.05) is 0 Å². The zero-order chi connectivity index (χ0) is 20.5. The number of rotatable bonds is 6. The van der Waals surface area contributed by atoms with Crippen LogP contribution in [0.15, 0.2) is 45.1 Å². The number of nitrogens with one attached hydrogen (secondary N) is 2. The molecule has 0 aliphatic rings. The number of carboxylic acid groups (broad SMARTS) is 1. The summed E-state index contributed by atoms with van der Waals surface area (Å²) in [5.74, 6) is -2.27. The summed E-state index contributed by atoms with van der Waals surface area (Å²) in [6.45, 7) is 1.53. The summed E-state index contributed by atoms with van der Waals surface area (Å²) in [5, 5.41) is 16.6. The number of carbonyl (C=O) groups excluding carboxylic acids is 1. The summed E-state index contributed by atoms with van der Waals surface area (Å²) in [5.41, 5.74) is 0.213. The molecule has 0 saturated heterocycles. The van der Waals surface area contributed by atoms with Crippen molar-refractivity contribution in [2.45, 2.75) is 11.8 Å². The quantitative estimate of drug-likeness (QED) is 0.532. The number of thiophene rings is 1. The van der Waals surface area contributed by atoms with Crippen LogP contribution in [0, 0.1) is 6.92 Å². The predicted molar refractivity (Wildman–Crippen MR) is 103 cm³/mol. The fourth-order valence-electron chi connectivity index (χ4n) is 2.23. The number of aromatic nitrogens is 1. The highest BCUT2D eigenvalue weighted by molar-refractivity contribution is 7.93. The number of aryl methyl sites for hydroxylation is 1. The molecule has 146 valence electrons. The SMILES string of the molecule is Cc1noc(NS(=O)(=O)c2ccsc2C(=O)Nc2ccccc2C(=O)O)c1Cl. The molecule has 12 heteroatoms. The zero-order valence-corrected chi connectivity index (χ0v) is 16.5. The molecule has 3 N–H and O–H groups in total. The zero-order valence-electron chi connectivity index (χ0n) is 14.1. The van der Waals surface area contributed by atoms with Crippen molar-refractivity contribution in [3.63, 3.8) is 0 Å². The van der Waals surface area contributed by atoms with Gasteiger partial charge in [0.2, 0.25) is 0 Å².